The molecule has 29 rings (SSSR count). The molecule has 6 heteroatoms. The van der Waals surface area contributed by atoms with E-state index in [2.05, 4.69) is 573 Å². The van der Waals surface area contributed by atoms with Crippen LogP contribution in [0.15, 0.2) is 590 Å². The van der Waals surface area contributed by atoms with Gasteiger partial charge in [0.15, 0.2) is 0 Å². The summed E-state index contributed by atoms with van der Waals surface area (Å²) in [6.45, 7) is 0. The Morgan fingerprint density at radius 2 is 0.280 bits per heavy atom. The Bertz CT molecular complexity index is 9900. The van der Waals surface area contributed by atoms with Gasteiger partial charge in [0, 0.05) is 99.7 Å². The largest absolute Gasteiger partial charge is 0.456 e. The summed E-state index contributed by atoms with van der Waals surface area (Å²) < 4.78 is 18.9. The zero-order valence-corrected chi connectivity index (χ0v) is 81.9. The number of fused-ring (bicyclic) bond motifs is 21. The standard InChI is InChI=1S/2C50H33NO.C44H29NO/c1-3-10-34(11-4-1)36-22-27-42(28-23-36)51(43-29-24-37(25-30-43)35-12-5-2-6-13-35)44-15-9-14-40(32-44)41-21-19-38-18-20-39-26-31-48-50(49(39)46(38)33-41)45-16-7-8-17-47(45)52-48;1-3-9-34(10-4-1)36-19-26-42(27-20-36)51(43-28-21-37(22-29-43)35-11-5-2-6-12-35)44-30-23-38(24-31-44)41-18-16-39-15-17-40-25-32-48-50(49(40)46(39)33-41)45-13-7-8-14-47(45)52-48;1-3-9-30(10-4-1)31-19-24-37(25-20-31)45(36-11-5-2-6-12-36)38-26-21-32(22-27-38)35-18-16-33-15-17-34-23-28-42-44(43(34)40(33)29-35)39-13-7-8-14-41(39)46-42/h2*1-33H;1-29H. The highest BCUT2D eigenvalue weighted by atomic mass is 16.3. The van der Waals surface area contributed by atoms with Crippen LogP contribution in [0.3, 0.4) is 0 Å². The van der Waals surface area contributed by atoms with Gasteiger partial charge < -0.3 is 28.0 Å². The SMILES string of the molecule is c1ccc(-c2ccc(N(c3ccc(-c4ccccc4)cc3)c3ccc(-c4ccc5ccc6ccc7oc8ccccc8c7c6c5c4)cc3)cc2)cc1.c1ccc(-c2ccc(N(c3ccc(-c4ccccc4)cc3)c3cccc(-c4ccc5ccc6ccc7oc8ccccc8c7c6c5c4)c3)cc2)cc1.c1ccc(-c2ccc(N(c3ccccc3)c3ccc(-c4ccc5ccc6ccc7oc8ccccc8c7c6c5c4)cc3)cc2)cc1. The van der Waals surface area contributed by atoms with E-state index >= 15 is 0 Å². The molecule has 0 aliphatic carbocycles. The van der Waals surface area contributed by atoms with Crippen molar-refractivity contribution in [3.63, 3.8) is 0 Å². The van der Waals surface area contributed by atoms with E-state index in [4.69, 9.17) is 13.3 Å². The van der Waals surface area contributed by atoms with E-state index in [1.54, 1.807) is 0 Å². The molecule has 3 heterocycles. The molecule has 0 unspecified atom stereocenters. The second kappa shape index (κ2) is 38.6. The van der Waals surface area contributed by atoms with Crippen LogP contribution in [0, 0.1) is 0 Å². The molecule has 6 nitrogen and oxygen atoms in total. The first-order chi connectivity index (χ1) is 74.3. The number of nitrogens with zero attached hydrogens (tertiary/aromatic N) is 3. The van der Waals surface area contributed by atoms with Crippen molar-refractivity contribution in [2.75, 3.05) is 14.7 Å². The number of para-hydroxylation sites is 4. The molecule has 704 valence electrons. The van der Waals surface area contributed by atoms with Crippen molar-refractivity contribution in [1.29, 1.82) is 0 Å². The molecule has 0 fully saturated rings. The Morgan fingerprint density at radius 3 is 0.560 bits per heavy atom. The number of hydrogen-bond donors (Lipinski definition) is 0. The number of rotatable bonds is 17. The minimum absolute atomic E-state index is 0.916. The van der Waals surface area contributed by atoms with E-state index in [1.165, 1.54) is 164 Å². The molecule has 0 aliphatic rings. The first kappa shape index (κ1) is 89.0. The van der Waals surface area contributed by atoms with Crippen LogP contribution in [0.5, 0.6) is 0 Å². The lowest BCUT2D eigenvalue weighted by atomic mass is 9.94. The summed E-state index contributed by atoms with van der Waals surface area (Å²) in [6.07, 6.45) is 0. The van der Waals surface area contributed by atoms with E-state index in [0.717, 1.165) is 106 Å². The molecule has 0 amide bonds. The quantitative estimate of drug-likeness (QED) is 0.0847. The van der Waals surface area contributed by atoms with Crippen LogP contribution < -0.4 is 14.7 Å². The summed E-state index contributed by atoms with van der Waals surface area (Å²) >= 11 is 0. The second-order valence-corrected chi connectivity index (χ2v) is 38.5. The highest BCUT2D eigenvalue weighted by molar-refractivity contribution is 6.30. The van der Waals surface area contributed by atoms with E-state index in [0.29, 0.717) is 0 Å². The fraction of sp³-hybridized carbons (Fsp3) is 0. The fourth-order valence-electron chi connectivity index (χ4n) is 22.1. The zero-order valence-electron chi connectivity index (χ0n) is 81.9. The normalized spacial score (nSPS) is 11.5. The molecule has 29 aromatic rings. The van der Waals surface area contributed by atoms with Crippen LogP contribution in [0.1, 0.15) is 0 Å². The van der Waals surface area contributed by atoms with Gasteiger partial charge in [0.05, 0.1) is 0 Å². The maximum absolute atomic E-state index is 6.31. The van der Waals surface area contributed by atoms with Gasteiger partial charge in [-0.05, 0) is 301 Å². The lowest BCUT2D eigenvalue weighted by Gasteiger charge is -2.26. The number of furan rings is 3. The van der Waals surface area contributed by atoms with Crippen molar-refractivity contribution >= 4 is 182 Å². The molecule has 0 aliphatic heterocycles. The van der Waals surface area contributed by atoms with Gasteiger partial charge in [-0.25, -0.2) is 0 Å². The van der Waals surface area contributed by atoms with E-state index in [-0.39, 0.29) is 0 Å². The summed E-state index contributed by atoms with van der Waals surface area (Å²) in [6, 6.07) is 206. The molecular weight excluding hydrogens is 1820 g/mol. The molecule has 26 aromatic carbocycles. The molecule has 0 spiro atoms. The molecule has 3 aromatic heterocycles. The van der Waals surface area contributed by atoms with Crippen molar-refractivity contribution in [1.82, 2.24) is 0 Å². The maximum Gasteiger partial charge on any atom is 0.136 e. The van der Waals surface area contributed by atoms with Crippen molar-refractivity contribution in [2.45, 2.75) is 0 Å². The van der Waals surface area contributed by atoms with Crippen LogP contribution in [0.25, 0.3) is 219 Å². The molecule has 0 saturated heterocycles. The molecule has 0 atom stereocenters. The third kappa shape index (κ3) is 16.9. The van der Waals surface area contributed by atoms with Crippen molar-refractivity contribution in [3.05, 3.63) is 576 Å². The minimum Gasteiger partial charge on any atom is -0.456 e. The molecule has 0 saturated carbocycles. The topological polar surface area (TPSA) is 49.1 Å². The summed E-state index contributed by atoms with van der Waals surface area (Å²) in [4.78, 5) is 7.00. The number of hydrogen-bond acceptors (Lipinski definition) is 6. The highest BCUT2D eigenvalue weighted by Gasteiger charge is 2.24. The third-order valence-electron chi connectivity index (χ3n) is 29.6. The summed E-state index contributed by atoms with van der Waals surface area (Å²) in [7, 11) is 0. The summed E-state index contributed by atoms with van der Waals surface area (Å²) in [5.41, 5.74) is 34.6. The zero-order chi connectivity index (χ0) is 99.3. The van der Waals surface area contributed by atoms with Crippen molar-refractivity contribution < 1.29 is 13.3 Å². The Balaban J connectivity index is 0.000000111. The van der Waals surface area contributed by atoms with Gasteiger partial charge in [-0.3, -0.25) is 0 Å². The predicted molar refractivity (Wildman–Crippen MR) is 634 cm³/mol. The Morgan fingerprint density at radius 1 is 0.100 bits per heavy atom. The average molecular weight is 1920 g/mol. The van der Waals surface area contributed by atoms with Crippen LogP contribution in [-0.4, -0.2) is 0 Å². The minimum atomic E-state index is 0.916. The Kier molecular flexibility index (Phi) is 22.9. The molecular formula is C144H95N3O3. The van der Waals surface area contributed by atoms with E-state index in [1.807, 2.05) is 18.2 Å². The number of benzene rings is 26. The van der Waals surface area contributed by atoms with Gasteiger partial charge in [0.2, 0.25) is 0 Å². The smallest absolute Gasteiger partial charge is 0.136 e. The third-order valence-corrected chi connectivity index (χ3v) is 29.6. The first-order valence-electron chi connectivity index (χ1n) is 51.2. The van der Waals surface area contributed by atoms with E-state index < -0.39 is 0 Å². The van der Waals surface area contributed by atoms with Gasteiger partial charge in [-0.2, -0.15) is 0 Å². The van der Waals surface area contributed by atoms with Crippen LogP contribution in [-0.2, 0) is 0 Å². The molecule has 0 bridgehead atoms. The number of anilines is 9. The summed E-state index contributed by atoms with van der Waals surface area (Å²) in [5, 5.41) is 21.7. The average Bonchev–Trinajstić information content (AvgIpc) is 1.60. The van der Waals surface area contributed by atoms with Crippen LogP contribution in [0.2, 0.25) is 0 Å². The van der Waals surface area contributed by atoms with Crippen molar-refractivity contribution in [3.8, 4) is 89.0 Å². The fourth-order valence-corrected chi connectivity index (χ4v) is 22.1. The van der Waals surface area contributed by atoms with E-state index in [9.17, 15) is 0 Å². The van der Waals surface area contributed by atoms with Gasteiger partial charge in [0.25, 0.3) is 0 Å². The van der Waals surface area contributed by atoms with Gasteiger partial charge in [0.1, 0.15) is 33.5 Å². The van der Waals surface area contributed by atoms with Gasteiger partial charge in [-0.1, -0.05) is 413 Å². The summed E-state index contributed by atoms with van der Waals surface area (Å²) in [5.74, 6) is 0. The Labute approximate surface area is 868 Å². The molecule has 150 heavy (non-hydrogen) atoms. The second-order valence-electron chi connectivity index (χ2n) is 38.5. The van der Waals surface area contributed by atoms with Crippen LogP contribution >= 0.6 is 0 Å². The van der Waals surface area contributed by atoms with Crippen LogP contribution in [0.4, 0.5) is 51.2 Å². The maximum atomic E-state index is 6.31. The van der Waals surface area contributed by atoms with Gasteiger partial charge >= 0.3 is 0 Å². The van der Waals surface area contributed by atoms with Crippen molar-refractivity contribution in [2.24, 2.45) is 0 Å². The first-order valence-corrected chi connectivity index (χ1v) is 51.2. The van der Waals surface area contributed by atoms with Gasteiger partial charge in [-0.15, -0.1) is 0 Å². The predicted octanol–water partition coefficient (Wildman–Crippen LogP) is 41.4. The molecule has 0 N–H and O–H groups in total. The lowest BCUT2D eigenvalue weighted by Crippen LogP contribution is -2.10. The monoisotopic (exact) mass is 1910 g/mol. The highest BCUT2D eigenvalue weighted by Crippen LogP contribution is 2.49. The lowest BCUT2D eigenvalue weighted by molar-refractivity contribution is 0.669. The Hall–Kier alpha value is -19.9. The molecule has 0 radical (unpaired) electrons.